The quantitative estimate of drug-likeness (QED) is 0.766. The number of nitrogens with one attached hydrogen (secondary N) is 1. The van der Waals surface area contributed by atoms with Crippen LogP contribution in [0.15, 0.2) is 53.7 Å². The Bertz CT molecular complexity index is 999. The second-order valence-electron chi connectivity index (χ2n) is 7.15. The van der Waals surface area contributed by atoms with Crippen molar-refractivity contribution in [3.05, 3.63) is 74.9 Å². The molecule has 2 aromatic carbocycles. The van der Waals surface area contributed by atoms with Crippen LogP contribution in [0.5, 0.6) is 5.75 Å². The summed E-state index contributed by atoms with van der Waals surface area (Å²) in [7, 11) is 1.62. The van der Waals surface area contributed by atoms with E-state index < -0.39 is 0 Å². The van der Waals surface area contributed by atoms with E-state index in [2.05, 4.69) is 5.32 Å². The third-order valence-electron chi connectivity index (χ3n) is 5.46. The lowest BCUT2D eigenvalue weighted by molar-refractivity contribution is -0.122. The summed E-state index contributed by atoms with van der Waals surface area (Å²) in [6.07, 6.45) is 1.17. The smallest absolute Gasteiger partial charge is 0.225 e. The molecule has 6 heteroatoms. The number of halogens is 2. The Morgan fingerprint density at radius 2 is 1.82 bits per heavy atom. The number of hydrogen-bond acceptors (Lipinski definition) is 3. The zero-order valence-corrected chi connectivity index (χ0v) is 16.8. The van der Waals surface area contributed by atoms with Crippen LogP contribution < -0.4 is 10.1 Å². The number of benzene rings is 2. The van der Waals surface area contributed by atoms with Crippen molar-refractivity contribution in [2.75, 3.05) is 7.11 Å². The van der Waals surface area contributed by atoms with E-state index in [0.29, 0.717) is 34.2 Å². The van der Waals surface area contributed by atoms with E-state index in [0.717, 1.165) is 16.9 Å². The van der Waals surface area contributed by atoms with Crippen LogP contribution in [0.4, 0.5) is 0 Å². The standard InChI is InChI=1S/C22H19Cl2NO3/c1-28-14-5-2-4-12(8-14)13-9-18-21(19(26)10-13)16(11-20(27)25-18)15-6-3-7-17(23)22(15)24/h2-8,13,16H,9-11H2,1H3,(H,25,27). The molecule has 1 N–H and O–H groups in total. The first-order valence-electron chi connectivity index (χ1n) is 9.12. The van der Waals surface area contributed by atoms with E-state index in [9.17, 15) is 9.59 Å². The highest BCUT2D eigenvalue weighted by atomic mass is 35.5. The molecule has 0 radical (unpaired) electrons. The fraction of sp³-hybridized carbons (Fsp3) is 0.273. The average molecular weight is 416 g/mol. The minimum atomic E-state index is -0.367. The summed E-state index contributed by atoms with van der Waals surface area (Å²) in [4.78, 5) is 25.5. The maximum absolute atomic E-state index is 13.1. The number of hydrogen-bond donors (Lipinski definition) is 1. The maximum Gasteiger partial charge on any atom is 0.225 e. The predicted octanol–water partition coefficient (Wildman–Crippen LogP) is 5.01. The van der Waals surface area contributed by atoms with Gasteiger partial charge in [-0.15, -0.1) is 0 Å². The molecule has 0 aromatic heterocycles. The summed E-state index contributed by atoms with van der Waals surface area (Å²) in [5, 5.41) is 3.75. The molecule has 4 nitrogen and oxygen atoms in total. The van der Waals surface area contributed by atoms with Gasteiger partial charge in [0.05, 0.1) is 17.2 Å². The molecule has 2 atom stereocenters. The van der Waals surface area contributed by atoms with Crippen molar-refractivity contribution in [1.82, 2.24) is 5.32 Å². The van der Waals surface area contributed by atoms with Gasteiger partial charge in [0.15, 0.2) is 5.78 Å². The number of allylic oxidation sites excluding steroid dienone is 2. The third kappa shape index (κ3) is 3.43. The summed E-state index contributed by atoms with van der Waals surface area (Å²) >= 11 is 12.6. The van der Waals surface area contributed by atoms with Crippen molar-refractivity contribution in [3.63, 3.8) is 0 Å². The van der Waals surface area contributed by atoms with Gasteiger partial charge >= 0.3 is 0 Å². The van der Waals surface area contributed by atoms with Gasteiger partial charge in [0, 0.05) is 30.0 Å². The fourth-order valence-corrected chi connectivity index (χ4v) is 4.59. The molecule has 0 saturated heterocycles. The lowest BCUT2D eigenvalue weighted by atomic mass is 9.73. The van der Waals surface area contributed by atoms with Crippen LogP contribution in [-0.2, 0) is 9.59 Å². The van der Waals surface area contributed by atoms with Crippen molar-refractivity contribution in [1.29, 1.82) is 0 Å². The van der Waals surface area contributed by atoms with Gasteiger partial charge < -0.3 is 10.1 Å². The van der Waals surface area contributed by atoms with Crippen LogP contribution in [0.25, 0.3) is 0 Å². The van der Waals surface area contributed by atoms with Crippen LogP contribution in [0, 0.1) is 0 Å². The van der Waals surface area contributed by atoms with Gasteiger partial charge in [-0.3, -0.25) is 9.59 Å². The molecule has 2 aromatic rings. The number of carbonyl (C=O) groups is 2. The molecule has 0 bridgehead atoms. The molecule has 4 rings (SSSR count). The summed E-state index contributed by atoms with van der Waals surface area (Å²) in [6, 6.07) is 13.1. The van der Waals surface area contributed by atoms with E-state index >= 15 is 0 Å². The number of amides is 1. The maximum atomic E-state index is 13.1. The number of carbonyl (C=O) groups excluding carboxylic acids is 2. The highest BCUT2D eigenvalue weighted by Crippen LogP contribution is 2.45. The molecule has 144 valence electrons. The average Bonchev–Trinajstić information content (AvgIpc) is 2.69. The number of ether oxygens (including phenoxy) is 1. The normalized spacial score (nSPS) is 22.0. The number of Topliss-reactive ketones (excluding diaryl/α,β-unsaturated/α-hetero) is 1. The van der Waals surface area contributed by atoms with Gasteiger partial charge in [0.2, 0.25) is 5.91 Å². The van der Waals surface area contributed by atoms with Gasteiger partial charge in [0.1, 0.15) is 5.75 Å². The van der Waals surface area contributed by atoms with E-state index in [4.69, 9.17) is 27.9 Å². The van der Waals surface area contributed by atoms with Gasteiger partial charge in [-0.1, -0.05) is 47.5 Å². The summed E-state index contributed by atoms with van der Waals surface area (Å²) < 4.78 is 5.30. The molecule has 0 spiro atoms. The molecule has 2 aliphatic rings. The third-order valence-corrected chi connectivity index (χ3v) is 6.29. The molecule has 1 aliphatic heterocycles. The van der Waals surface area contributed by atoms with Gasteiger partial charge in [-0.2, -0.15) is 0 Å². The summed E-state index contributed by atoms with van der Waals surface area (Å²) in [6.45, 7) is 0. The Hall–Kier alpha value is -2.30. The summed E-state index contributed by atoms with van der Waals surface area (Å²) in [5.74, 6) is 0.305. The van der Waals surface area contributed by atoms with Crippen molar-refractivity contribution in [2.24, 2.45) is 0 Å². The van der Waals surface area contributed by atoms with Gasteiger partial charge in [-0.25, -0.2) is 0 Å². The molecule has 0 fully saturated rings. The molecule has 28 heavy (non-hydrogen) atoms. The molecular weight excluding hydrogens is 397 g/mol. The zero-order valence-electron chi connectivity index (χ0n) is 15.3. The topological polar surface area (TPSA) is 55.4 Å². The minimum Gasteiger partial charge on any atom is -0.497 e. The van der Waals surface area contributed by atoms with E-state index in [-0.39, 0.29) is 29.9 Å². The van der Waals surface area contributed by atoms with Crippen LogP contribution in [0.1, 0.15) is 42.2 Å². The van der Waals surface area contributed by atoms with E-state index in [1.807, 2.05) is 30.3 Å². The van der Waals surface area contributed by atoms with Crippen molar-refractivity contribution >= 4 is 34.9 Å². The minimum absolute atomic E-state index is 0.00441. The zero-order chi connectivity index (χ0) is 19.8. The lowest BCUT2D eigenvalue weighted by Gasteiger charge is -2.35. The highest BCUT2D eigenvalue weighted by molar-refractivity contribution is 6.42. The van der Waals surface area contributed by atoms with E-state index in [1.165, 1.54) is 0 Å². The van der Waals surface area contributed by atoms with Crippen LogP contribution in [-0.4, -0.2) is 18.8 Å². The molecular formula is C22H19Cl2NO3. The first kappa shape index (κ1) is 19.0. The lowest BCUT2D eigenvalue weighted by Crippen LogP contribution is -2.38. The predicted molar refractivity (Wildman–Crippen MR) is 109 cm³/mol. The number of ketones is 1. The molecule has 1 aliphatic carbocycles. The van der Waals surface area contributed by atoms with Gasteiger partial charge in [-0.05, 0) is 41.7 Å². The largest absolute Gasteiger partial charge is 0.497 e. The van der Waals surface area contributed by atoms with Crippen molar-refractivity contribution < 1.29 is 14.3 Å². The van der Waals surface area contributed by atoms with Crippen molar-refractivity contribution in [2.45, 2.75) is 31.1 Å². The second kappa shape index (κ2) is 7.61. The Morgan fingerprint density at radius 1 is 1.04 bits per heavy atom. The first-order valence-corrected chi connectivity index (χ1v) is 9.87. The van der Waals surface area contributed by atoms with E-state index in [1.54, 1.807) is 19.2 Å². The monoisotopic (exact) mass is 415 g/mol. The fourth-order valence-electron chi connectivity index (χ4n) is 4.15. The Labute approximate surface area is 173 Å². The Kier molecular flexibility index (Phi) is 5.17. The molecule has 2 unspecified atom stereocenters. The Morgan fingerprint density at radius 3 is 2.61 bits per heavy atom. The SMILES string of the molecule is COc1cccc(C2CC(=O)C3=C(C2)NC(=O)CC3c2cccc(Cl)c2Cl)c1. The molecule has 1 amide bonds. The van der Waals surface area contributed by atoms with Crippen LogP contribution >= 0.6 is 23.2 Å². The summed E-state index contributed by atoms with van der Waals surface area (Å²) in [5.41, 5.74) is 3.10. The number of rotatable bonds is 3. The highest BCUT2D eigenvalue weighted by Gasteiger charge is 2.39. The Balaban J connectivity index is 1.74. The van der Waals surface area contributed by atoms with Crippen molar-refractivity contribution in [3.8, 4) is 5.75 Å². The first-order chi connectivity index (χ1) is 13.5. The second-order valence-corrected chi connectivity index (χ2v) is 7.93. The molecule has 0 saturated carbocycles. The molecule has 1 heterocycles. The number of methoxy groups -OCH3 is 1. The van der Waals surface area contributed by atoms with Crippen LogP contribution in [0.2, 0.25) is 10.0 Å². The van der Waals surface area contributed by atoms with Gasteiger partial charge in [0.25, 0.3) is 0 Å². The van der Waals surface area contributed by atoms with Crippen LogP contribution in [0.3, 0.4) is 0 Å².